The van der Waals surface area contributed by atoms with Gasteiger partial charge in [-0.3, -0.25) is 9.48 Å². The van der Waals surface area contributed by atoms with E-state index in [-0.39, 0.29) is 18.2 Å². The third kappa shape index (κ3) is 4.44. The van der Waals surface area contributed by atoms with Crippen LogP contribution >= 0.6 is 0 Å². The maximum Gasteiger partial charge on any atom is 0.414 e. The van der Waals surface area contributed by atoms with E-state index in [9.17, 15) is 9.59 Å². The number of carbonyl (C=O) groups excluding carboxylic acids is 2. The molecule has 0 saturated heterocycles. The molecule has 8 heteroatoms. The minimum atomic E-state index is -0.606. The van der Waals surface area contributed by atoms with E-state index in [4.69, 9.17) is 9.15 Å². The highest BCUT2D eigenvalue weighted by Gasteiger charge is 2.17. The van der Waals surface area contributed by atoms with Crippen molar-refractivity contribution in [2.24, 2.45) is 0 Å². The zero-order valence-corrected chi connectivity index (χ0v) is 12.9. The summed E-state index contributed by atoms with van der Waals surface area (Å²) in [5, 5.41) is 6.72. The lowest BCUT2D eigenvalue weighted by molar-refractivity contribution is 0.101. The van der Waals surface area contributed by atoms with Crippen LogP contribution in [0.15, 0.2) is 22.9 Å². The fourth-order valence-electron chi connectivity index (χ4n) is 1.62. The van der Waals surface area contributed by atoms with Crippen LogP contribution in [0.25, 0.3) is 0 Å². The van der Waals surface area contributed by atoms with Crippen molar-refractivity contribution in [1.82, 2.24) is 20.1 Å². The number of nitrogens with one attached hydrogen (secondary N) is 1. The largest absolute Gasteiger partial charge is 0.443 e. The van der Waals surface area contributed by atoms with E-state index in [0.717, 1.165) is 0 Å². The number of amides is 1. The molecule has 1 amide bonds. The van der Waals surface area contributed by atoms with E-state index in [2.05, 4.69) is 15.4 Å². The molecule has 22 heavy (non-hydrogen) atoms. The summed E-state index contributed by atoms with van der Waals surface area (Å²) in [5.74, 6) is 0.265. The number of ketones is 1. The molecule has 0 aliphatic carbocycles. The third-order valence-electron chi connectivity index (χ3n) is 2.50. The molecule has 2 aromatic heterocycles. The topological polar surface area (TPSA) is 99.2 Å². The molecular weight excluding hydrogens is 288 g/mol. The van der Waals surface area contributed by atoms with Crippen LogP contribution < -0.4 is 10.1 Å². The molecule has 2 aromatic rings. The van der Waals surface area contributed by atoms with Crippen molar-refractivity contribution in [1.29, 1.82) is 0 Å². The molecule has 2 heterocycles. The van der Waals surface area contributed by atoms with Gasteiger partial charge in [-0.25, -0.2) is 4.79 Å². The number of hydrogen-bond acceptors (Lipinski definition) is 6. The first-order valence-corrected chi connectivity index (χ1v) is 6.72. The SMILES string of the molecule is CC(=O)c1ccn(Cc2nc(OC(=O)NC(C)(C)C)co2)n1. The molecule has 0 aliphatic heterocycles. The lowest BCUT2D eigenvalue weighted by Gasteiger charge is -2.18. The summed E-state index contributed by atoms with van der Waals surface area (Å²) in [6.07, 6.45) is 2.28. The lowest BCUT2D eigenvalue weighted by atomic mass is 10.1. The van der Waals surface area contributed by atoms with Gasteiger partial charge < -0.3 is 14.5 Å². The summed E-state index contributed by atoms with van der Waals surface area (Å²) in [7, 11) is 0. The highest BCUT2D eigenvalue weighted by Crippen LogP contribution is 2.12. The van der Waals surface area contributed by atoms with Gasteiger partial charge >= 0.3 is 6.09 Å². The van der Waals surface area contributed by atoms with Crippen molar-refractivity contribution in [3.8, 4) is 5.88 Å². The smallest absolute Gasteiger partial charge is 0.414 e. The summed E-state index contributed by atoms with van der Waals surface area (Å²) in [6, 6.07) is 1.61. The van der Waals surface area contributed by atoms with Crippen molar-refractivity contribution in [3.05, 3.63) is 30.1 Å². The van der Waals surface area contributed by atoms with Gasteiger partial charge in [-0.2, -0.15) is 10.1 Å². The molecule has 0 bridgehead atoms. The molecule has 0 saturated carbocycles. The van der Waals surface area contributed by atoms with Crippen molar-refractivity contribution >= 4 is 11.9 Å². The first-order chi connectivity index (χ1) is 10.2. The number of oxazole rings is 1. The van der Waals surface area contributed by atoms with Gasteiger partial charge in [0, 0.05) is 18.7 Å². The molecule has 0 aliphatic rings. The third-order valence-corrected chi connectivity index (χ3v) is 2.50. The van der Waals surface area contributed by atoms with Gasteiger partial charge in [-0.05, 0) is 26.8 Å². The Morgan fingerprint density at radius 2 is 2.14 bits per heavy atom. The predicted octanol–water partition coefficient (Wildman–Crippen LogP) is 2.01. The summed E-state index contributed by atoms with van der Waals surface area (Å²) in [4.78, 5) is 26.8. The number of aromatic nitrogens is 3. The van der Waals surface area contributed by atoms with Gasteiger partial charge in [0.15, 0.2) is 12.0 Å². The first kappa shape index (κ1) is 15.7. The van der Waals surface area contributed by atoms with Crippen molar-refractivity contribution in [2.75, 3.05) is 0 Å². The number of hydrogen-bond donors (Lipinski definition) is 1. The van der Waals surface area contributed by atoms with E-state index >= 15 is 0 Å². The molecule has 0 aromatic carbocycles. The van der Waals surface area contributed by atoms with E-state index < -0.39 is 11.6 Å². The molecule has 8 nitrogen and oxygen atoms in total. The standard InChI is InChI=1S/C14H18N4O4/c1-9(19)10-5-6-18(17-10)7-11-15-12(8-21-11)22-13(20)16-14(2,3)4/h5-6,8H,7H2,1-4H3,(H,16,20). The van der Waals surface area contributed by atoms with Crippen LogP contribution in [-0.4, -0.2) is 32.2 Å². The Hall–Kier alpha value is -2.64. The minimum absolute atomic E-state index is 0.0655. The normalized spacial score (nSPS) is 11.3. The zero-order chi connectivity index (χ0) is 16.3. The van der Waals surface area contributed by atoms with Crippen LogP contribution in [0.2, 0.25) is 0 Å². The van der Waals surface area contributed by atoms with Crippen LogP contribution in [0.1, 0.15) is 44.1 Å². The second-order valence-electron chi connectivity index (χ2n) is 5.80. The number of Topliss-reactive ketones (excluding diaryl/α,β-unsaturated/α-hetero) is 1. The Morgan fingerprint density at radius 3 is 2.73 bits per heavy atom. The molecule has 0 spiro atoms. The molecule has 0 fully saturated rings. The van der Waals surface area contributed by atoms with Gasteiger partial charge in [0.2, 0.25) is 5.89 Å². The molecule has 118 valence electrons. The molecule has 1 N–H and O–H groups in total. The maximum absolute atomic E-state index is 11.6. The van der Waals surface area contributed by atoms with E-state index in [0.29, 0.717) is 11.6 Å². The molecule has 2 rings (SSSR count). The Morgan fingerprint density at radius 1 is 1.41 bits per heavy atom. The van der Waals surface area contributed by atoms with Gasteiger partial charge in [0.25, 0.3) is 5.88 Å². The molecular formula is C14H18N4O4. The van der Waals surface area contributed by atoms with Gasteiger partial charge in [-0.1, -0.05) is 0 Å². The number of nitrogens with zero attached hydrogens (tertiary/aromatic N) is 3. The summed E-state index contributed by atoms with van der Waals surface area (Å²) < 4.78 is 11.7. The second kappa shape index (κ2) is 6.00. The average molecular weight is 306 g/mol. The Kier molecular flexibility index (Phi) is 4.30. The van der Waals surface area contributed by atoms with E-state index in [1.54, 1.807) is 12.3 Å². The van der Waals surface area contributed by atoms with Crippen LogP contribution in [0.3, 0.4) is 0 Å². The number of carbonyl (C=O) groups is 2. The van der Waals surface area contributed by atoms with Gasteiger partial charge in [0.05, 0.1) is 0 Å². The fraction of sp³-hybridized carbons (Fsp3) is 0.429. The van der Waals surface area contributed by atoms with Crippen LogP contribution in [0.5, 0.6) is 5.88 Å². The average Bonchev–Trinajstić information content (AvgIpc) is 2.97. The van der Waals surface area contributed by atoms with Gasteiger partial charge in [0.1, 0.15) is 12.2 Å². The summed E-state index contributed by atoms with van der Waals surface area (Å²) >= 11 is 0. The van der Waals surface area contributed by atoms with Crippen LogP contribution in [-0.2, 0) is 6.54 Å². The second-order valence-corrected chi connectivity index (χ2v) is 5.80. The monoisotopic (exact) mass is 306 g/mol. The van der Waals surface area contributed by atoms with Crippen LogP contribution in [0, 0.1) is 0 Å². The number of rotatable bonds is 4. The highest BCUT2D eigenvalue weighted by molar-refractivity contribution is 5.91. The van der Waals surface area contributed by atoms with Crippen molar-refractivity contribution in [2.45, 2.75) is 39.8 Å². The Balaban J connectivity index is 1.96. The van der Waals surface area contributed by atoms with Crippen LogP contribution in [0.4, 0.5) is 4.79 Å². The summed E-state index contributed by atoms with van der Waals surface area (Å²) in [5.41, 5.74) is -0.0329. The Bertz CT molecular complexity index is 681. The molecule has 0 atom stereocenters. The van der Waals surface area contributed by atoms with E-state index in [1.165, 1.54) is 17.9 Å². The fourth-order valence-corrected chi connectivity index (χ4v) is 1.62. The van der Waals surface area contributed by atoms with Crippen molar-refractivity contribution < 1.29 is 18.7 Å². The van der Waals surface area contributed by atoms with Crippen molar-refractivity contribution in [3.63, 3.8) is 0 Å². The van der Waals surface area contributed by atoms with Gasteiger partial charge in [-0.15, -0.1) is 0 Å². The predicted molar refractivity (Wildman–Crippen MR) is 76.7 cm³/mol. The Labute approximate surface area is 127 Å². The maximum atomic E-state index is 11.6. The lowest BCUT2D eigenvalue weighted by Crippen LogP contribution is -2.42. The minimum Gasteiger partial charge on any atom is -0.443 e. The summed E-state index contributed by atoms with van der Waals surface area (Å²) in [6.45, 7) is 7.20. The quantitative estimate of drug-likeness (QED) is 0.867. The molecule has 0 radical (unpaired) electrons. The molecule has 0 unspecified atom stereocenters. The number of ether oxygens (including phenoxy) is 1. The highest BCUT2D eigenvalue weighted by atomic mass is 16.6. The first-order valence-electron chi connectivity index (χ1n) is 6.72. The zero-order valence-electron chi connectivity index (χ0n) is 12.9. The van der Waals surface area contributed by atoms with E-state index in [1.807, 2.05) is 20.8 Å².